The molecule has 0 bridgehead atoms. The first-order chi connectivity index (χ1) is 9.05. The number of allylic oxidation sites excluding steroid dienone is 10. The lowest BCUT2D eigenvalue weighted by Gasteiger charge is -2.12. The van der Waals surface area contributed by atoms with Crippen molar-refractivity contribution in [1.82, 2.24) is 0 Å². The minimum Gasteiger partial charge on any atom is -0.151 e. The van der Waals surface area contributed by atoms with Gasteiger partial charge < -0.3 is 0 Å². The average molecular weight is 252 g/mol. The molecule has 0 aliphatic heterocycles. The van der Waals surface area contributed by atoms with Gasteiger partial charge >= 0.3 is 0 Å². The highest BCUT2D eigenvalue weighted by Gasteiger charge is 2.10. The highest BCUT2D eigenvalue weighted by atomic mass is 15.1. The molecule has 0 N–H and O–H groups in total. The van der Waals surface area contributed by atoms with Crippen molar-refractivity contribution in [3.05, 3.63) is 72.2 Å². The molecule has 19 heavy (non-hydrogen) atoms. The van der Waals surface area contributed by atoms with Crippen molar-refractivity contribution in [2.75, 3.05) is 0 Å². The van der Waals surface area contributed by atoms with E-state index < -0.39 is 0 Å². The van der Waals surface area contributed by atoms with E-state index in [1.54, 1.807) is 0 Å². The molecule has 0 heterocycles. The van der Waals surface area contributed by atoms with Gasteiger partial charge in [-0.3, -0.25) is 0 Å². The summed E-state index contributed by atoms with van der Waals surface area (Å²) in [6.07, 6.45) is 20.6. The predicted molar refractivity (Wildman–Crippen MR) is 80.5 cm³/mol. The van der Waals surface area contributed by atoms with Crippen LogP contribution in [0.1, 0.15) is 20.8 Å². The summed E-state index contributed by atoms with van der Waals surface area (Å²) < 4.78 is 0. The van der Waals surface area contributed by atoms with Gasteiger partial charge in [0.1, 0.15) is 0 Å². The van der Waals surface area contributed by atoms with E-state index in [1.165, 1.54) is 0 Å². The van der Waals surface area contributed by atoms with Gasteiger partial charge in [0.25, 0.3) is 0 Å². The van der Waals surface area contributed by atoms with Gasteiger partial charge in [-0.15, -0.1) is 0 Å². The third kappa shape index (κ3) is 4.32. The Labute approximate surface area is 115 Å². The van der Waals surface area contributed by atoms with E-state index in [2.05, 4.69) is 55.3 Å². The normalized spacial score (nSPS) is 25.1. The lowest BCUT2D eigenvalue weighted by molar-refractivity contribution is 0.627. The molecule has 2 heteroatoms. The van der Waals surface area contributed by atoms with Crippen LogP contribution in [0.25, 0.3) is 0 Å². The molecule has 0 saturated heterocycles. The van der Waals surface area contributed by atoms with Crippen LogP contribution < -0.4 is 0 Å². The van der Waals surface area contributed by atoms with E-state index in [0.29, 0.717) is 5.92 Å². The van der Waals surface area contributed by atoms with Crippen molar-refractivity contribution >= 4 is 0 Å². The third-order valence-corrected chi connectivity index (χ3v) is 3.01. The van der Waals surface area contributed by atoms with Crippen LogP contribution in [0.3, 0.4) is 0 Å². The van der Waals surface area contributed by atoms with Crippen molar-refractivity contribution in [2.45, 2.75) is 20.8 Å². The van der Waals surface area contributed by atoms with Gasteiger partial charge in [-0.25, -0.2) is 0 Å². The summed E-state index contributed by atoms with van der Waals surface area (Å²) >= 11 is 0. The Morgan fingerprint density at radius 1 is 0.895 bits per heavy atom. The van der Waals surface area contributed by atoms with Crippen LogP contribution in [0.2, 0.25) is 0 Å². The molecule has 0 aromatic heterocycles. The molecule has 0 spiro atoms. The summed E-state index contributed by atoms with van der Waals surface area (Å²) in [5, 5.41) is 8.58. The first kappa shape index (κ1) is 13.5. The number of hydrogen-bond acceptors (Lipinski definition) is 2. The molecule has 0 saturated carbocycles. The molecule has 1 atom stereocenters. The van der Waals surface area contributed by atoms with Crippen LogP contribution in [-0.2, 0) is 0 Å². The van der Waals surface area contributed by atoms with Crippen molar-refractivity contribution in [3.8, 4) is 0 Å². The molecule has 0 radical (unpaired) electrons. The number of azo groups is 1. The maximum absolute atomic E-state index is 4.29. The fourth-order valence-corrected chi connectivity index (χ4v) is 1.75. The van der Waals surface area contributed by atoms with Crippen LogP contribution in [0.5, 0.6) is 0 Å². The molecule has 0 amide bonds. The second-order valence-corrected chi connectivity index (χ2v) is 5.50. The van der Waals surface area contributed by atoms with Crippen molar-refractivity contribution in [1.29, 1.82) is 0 Å². The standard InChI is InChI=1S/C17H20N2/c1-14-6-4-7-15(10-9-14)18-19-16-8-5-12-17(2,3)13-11-16/h4-14H,1-3H3. The molecule has 0 aromatic rings. The number of nitrogens with zero attached hydrogens (tertiary/aromatic N) is 2. The molecule has 0 fully saturated rings. The van der Waals surface area contributed by atoms with Gasteiger partial charge in [0, 0.05) is 5.41 Å². The zero-order chi connectivity index (χ0) is 13.7. The second-order valence-electron chi connectivity index (χ2n) is 5.50. The van der Waals surface area contributed by atoms with E-state index in [4.69, 9.17) is 0 Å². The molecule has 1 unspecified atom stereocenters. The van der Waals surface area contributed by atoms with Gasteiger partial charge in [-0.05, 0) is 30.2 Å². The summed E-state index contributed by atoms with van der Waals surface area (Å²) in [6.45, 7) is 6.47. The lowest BCUT2D eigenvalue weighted by atomic mass is 9.93. The highest BCUT2D eigenvalue weighted by Crippen LogP contribution is 2.23. The van der Waals surface area contributed by atoms with Gasteiger partial charge in [0.15, 0.2) is 0 Å². The molecule has 2 rings (SSSR count). The Hall–Kier alpha value is -1.96. The third-order valence-electron chi connectivity index (χ3n) is 3.01. The first-order valence-corrected chi connectivity index (χ1v) is 6.62. The highest BCUT2D eigenvalue weighted by molar-refractivity contribution is 5.31. The van der Waals surface area contributed by atoms with E-state index in [-0.39, 0.29) is 5.41 Å². The predicted octanol–water partition coefficient (Wildman–Crippen LogP) is 5.12. The maximum atomic E-state index is 4.29. The van der Waals surface area contributed by atoms with Crippen molar-refractivity contribution in [3.63, 3.8) is 0 Å². The summed E-state index contributed by atoms with van der Waals surface area (Å²) in [6, 6.07) is 0. The van der Waals surface area contributed by atoms with Crippen molar-refractivity contribution < 1.29 is 0 Å². The van der Waals surface area contributed by atoms with Gasteiger partial charge in [0.2, 0.25) is 0 Å². The lowest BCUT2D eigenvalue weighted by Crippen LogP contribution is -2.00. The van der Waals surface area contributed by atoms with Crippen LogP contribution in [0.4, 0.5) is 0 Å². The van der Waals surface area contributed by atoms with Crippen LogP contribution in [0.15, 0.2) is 82.4 Å². The molecule has 0 aromatic carbocycles. The Kier molecular flexibility index (Phi) is 4.10. The van der Waals surface area contributed by atoms with Crippen LogP contribution in [-0.4, -0.2) is 0 Å². The van der Waals surface area contributed by atoms with Gasteiger partial charge in [0.05, 0.1) is 11.4 Å². The monoisotopic (exact) mass is 252 g/mol. The van der Waals surface area contributed by atoms with Gasteiger partial charge in [-0.1, -0.05) is 57.2 Å². The summed E-state index contributed by atoms with van der Waals surface area (Å²) in [4.78, 5) is 0. The SMILES string of the molecule is CC1C=CC=C(N=NC2=CC=CC(C)(C)C=C2)C=C1. The van der Waals surface area contributed by atoms with E-state index >= 15 is 0 Å². The smallest absolute Gasteiger partial charge is 0.0854 e. The number of hydrogen-bond donors (Lipinski definition) is 0. The first-order valence-electron chi connectivity index (χ1n) is 6.62. The Balaban J connectivity index is 2.10. The fourth-order valence-electron chi connectivity index (χ4n) is 1.75. The quantitative estimate of drug-likeness (QED) is 0.609. The largest absolute Gasteiger partial charge is 0.151 e. The Bertz CT molecular complexity index is 538. The minimum absolute atomic E-state index is 0.0768. The second kappa shape index (κ2) is 5.79. The van der Waals surface area contributed by atoms with Crippen LogP contribution in [0, 0.1) is 11.3 Å². The number of rotatable bonds is 2. The van der Waals surface area contributed by atoms with E-state index in [9.17, 15) is 0 Å². The van der Waals surface area contributed by atoms with E-state index in [1.807, 2.05) is 36.5 Å². The minimum atomic E-state index is 0.0768. The summed E-state index contributed by atoms with van der Waals surface area (Å²) in [5.74, 6) is 0.449. The van der Waals surface area contributed by atoms with Crippen molar-refractivity contribution in [2.24, 2.45) is 21.6 Å². The average Bonchev–Trinajstić information content (AvgIpc) is 2.65. The zero-order valence-electron chi connectivity index (χ0n) is 11.7. The topological polar surface area (TPSA) is 24.7 Å². The Morgan fingerprint density at radius 3 is 2.37 bits per heavy atom. The molecular weight excluding hydrogens is 232 g/mol. The zero-order valence-corrected chi connectivity index (χ0v) is 11.7. The summed E-state index contributed by atoms with van der Waals surface area (Å²) in [7, 11) is 0. The maximum Gasteiger partial charge on any atom is 0.0854 e. The molecular formula is C17H20N2. The Morgan fingerprint density at radius 2 is 1.58 bits per heavy atom. The fraction of sp³-hybridized carbons (Fsp3) is 0.294. The van der Waals surface area contributed by atoms with E-state index in [0.717, 1.165) is 11.4 Å². The van der Waals surface area contributed by atoms with Gasteiger partial charge in [-0.2, -0.15) is 10.2 Å². The molecule has 2 aliphatic carbocycles. The summed E-state index contributed by atoms with van der Waals surface area (Å²) in [5.41, 5.74) is 1.83. The molecule has 98 valence electrons. The molecule has 2 aliphatic rings. The molecule has 2 nitrogen and oxygen atoms in total. The van der Waals surface area contributed by atoms with Crippen LogP contribution >= 0.6 is 0 Å².